The summed E-state index contributed by atoms with van der Waals surface area (Å²) in [5.41, 5.74) is 2.15. The van der Waals surface area contributed by atoms with Gasteiger partial charge in [-0.1, -0.05) is 0 Å². The van der Waals surface area contributed by atoms with Gasteiger partial charge in [-0.15, -0.1) is 0 Å². The number of nitrogens with one attached hydrogen (secondary N) is 1. The predicted molar refractivity (Wildman–Crippen MR) is 62.8 cm³/mol. The van der Waals surface area contributed by atoms with E-state index in [-0.39, 0.29) is 21.8 Å². The van der Waals surface area contributed by atoms with E-state index in [1.165, 1.54) is 0 Å². The van der Waals surface area contributed by atoms with Crippen molar-refractivity contribution >= 4 is 20.0 Å². The number of hydrogen-bond acceptors (Lipinski definition) is 2. The first-order valence-electron chi connectivity index (χ1n) is 4.71. The molecule has 1 aromatic carbocycles. The van der Waals surface area contributed by atoms with Crippen molar-refractivity contribution in [1.82, 2.24) is 0 Å². The summed E-state index contributed by atoms with van der Waals surface area (Å²) in [6.45, 7) is 4.04. The van der Waals surface area contributed by atoms with Crippen LogP contribution in [0.15, 0.2) is 18.2 Å². The van der Waals surface area contributed by atoms with E-state index in [0.29, 0.717) is 0 Å². The van der Waals surface area contributed by atoms with E-state index < -0.39 is 0 Å². The molecule has 0 saturated heterocycles. The molecule has 0 heterocycles. The van der Waals surface area contributed by atoms with Gasteiger partial charge in [0.25, 0.3) is 0 Å². The zero-order valence-electron chi connectivity index (χ0n) is 9.03. The summed E-state index contributed by atoms with van der Waals surface area (Å²) in [6, 6.07) is 6.03. The van der Waals surface area contributed by atoms with Gasteiger partial charge in [-0.3, -0.25) is 0 Å². The summed E-state index contributed by atoms with van der Waals surface area (Å²) in [4.78, 5) is 0. The van der Waals surface area contributed by atoms with Gasteiger partial charge in [0.2, 0.25) is 0 Å². The van der Waals surface area contributed by atoms with Crippen molar-refractivity contribution in [3.8, 4) is 5.75 Å². The Morgan fingerprint density at radius 1 is 1.47 bits per heavy atom. The molecular weight excluding hydrogens is 299 g/mol. The van der Waals surface area contributed by atoms with E-state index in [9.17, 15) is 0 Å². The second-order valence-electron chi connectivity index (χ2n) is 3.35. The number of halogens is 1. The van der Waals surface area contributed by atoms with Crippen LogP contribution in [0.5, 0.6) is 5.75 Å². The third kappa shape index (κ3) is 3.92. The topological polar surface area (TPSA) is 21.3 Å². The Morgan fingerprint density at radius 2 is 2.20 bits per heavy atom. The van der Waals surface area contributed by atoms with Crippen molar-refractivity contribution in [1.29, 1.82) is 0 Å². The van der Waals surface area contributed by atoms with Crippen molar-refractivity contribution in [2.75, 3.05) is 12.4 Å². The van der Waals surface area contributed by atoms with Gasteiger partial charge in [0.1, 0.15) is 0 Å². The SMILES string of the molecule is CNc1ccc(OC(C)C)c([CH]=[Ru][Cl])c1. The molecule has 0 aliphatic rings. The number of ether oxygens (including phenoxy) is 1. The van der Waals surface area contributed by atoms with E-state index in [0.717, 1.165) is 17.0 Å². The Labute approximate surface area is 102 Å². The van der Waals surface area contributed by atoms with Gasteiger partial charge in [0.15, 0.2) is 0 Å². The molecule has 0 spiro atoms. The molecule has 0 amide bonds. The van der Waals surface area contributed by atoms with E-state index in [2.05, 4.69) is 11.4 Å². The quantitative estimate of drug-likeness (QED) is 0.863. The molecule has 0 radical (unpaired) electrons. The van der Waals surface area contributed by atoms with Gasteiger partial charge < -0.3 is 0 Å². The molecule has 85 valence electrons. The third-order valence-corrected chi connectivity index (χ3v) is 3.00. The van der Waals surface area contributed by atoms with Gasteiger partial charge in [0.05, 0.1) is 0 Å². The van der Waals surface area contributed by atoms with Crippen LogP contribution in [-0.2, 0) is 15.7 Å². The monoisotopic (exact) mass is 314 g/mol. The average molecular weight is 314 g/mol. The molecule has 0 saturated carbocycles. The summed E-state index contributed by atoms with van der Waals surface area (Å²) in [5, 5.41) is 3.10. The molecular formula is C11H15ClNORu. The standard InChI is InChI=1S/C11H15NO.ClH.Ru/c1-8(2)13-11-6-5-10(12-4)7-9(11)3;;/h3,5-8,12H,1-2,4H3;1H;/q;;+1/p-1. The fraction of sp³-hybridized carbons (Fsp3) is 0.364. The minimum absolute atomic E-state index is 0.184. The van der Waals surface area contributed by atoms with Crippen LogP contribution in [0.4, 0.5) is 5.69 Å². The van der Waals surface area contributed by atoms with Crippen LogP contribution in [-0.4, -0.2) is 17.8 Å². The summed E-state index contributed by atoms with van der Waals surface area (Å²) in [5.74, 6) is 0.902. The maximum atomic E-state index is 5.80. The van der Waals surface area contributed by atoms with Crippen LogP contribution in [0.25, 0.3) is 0 Å². The Balaban J connectivity index is 3.03. The fourth-order valence-electron chi connectivity index (χ4n) is 1.19. The average Bonchev–Trinajstić information content (AvgIpc) is 2.20. The first kappa shape index (κ1) is 12.7. The Kier molecular flexibility index (Phi) is 5.27. The summed E-state index contributed by atoms with van der Waals surface area (Å²) >= 11 is -0.233. The maximum absolute atomic E-state index is 5.80. The minimum atomic E-state index is -0.233. The molecule has 0 atom stereocenters. The van der Waals surface area contributed by atoms with Crippen molar-refractivity contribution in [3.63, 3.8) is 0 Å². The van der Waals surface area contributed by atoms with E-state index >= 15 is 0 Å². The van der Waals surface area contributed by atoms with Crippen molar-refractivity contribution in [3.05, 3.63) is 23.8 Å². The third-order valence-electron chi connectivity index (χ3n) is 1.81. The number of benzene rings is 1. The predicted octanol–water partition coefficient (Wildman–Crippen LogP) is 2.90. The molecule has 1 aromatic rings. The molecule has 0 unspecified atom stereocenters. The summed E-state index contributed by atoms with van der Waals surface area (Å²) in [6.07, 6.45) is 0.184. The Bertz CT molecular complexity index is 352. The van der Waals surface area contributed by atoms with Gasteiger partial charge in [-0.2, -0.15) is 0 Å². The summed E-state index contributed by atoms with van der Waals surface area (Å²) < 4.78 is 7.73. The summed E-state index contributed by atoms with van der Waals surface area (Å²) in [7, 11) is 7.70. The van der Waals surface area contributed by atoms with Gasteiger partial charge in [-0.25, -0.2) is 0 Å². The van der Waals surface area contributed by atoms with Crippen LogP contribution < -0.4 is 10.1 Å². The molecule has 0 bridgehead atoms. The van der Waals surface area contributed by atoms with Crippen LogP contribution in [0.2, 0.25) is 0 Å². The number of hydrogen-bond donors (Lipinski definition) is 1. The molecule has 15 heavy (non-hydrogen) atoms. The zero-order chi connectivity index (χ0) is 11.3. The van der Waals surface area contributed by atoms with E-state index in [1.54, 1.807) is 0 Å². The van der Waals surface area contributed by atoms with Crippen LogP contribution in [0, 0.1) is 0 Å². The second kappa shape index (κ2) is 6.24. The molecule has 0 aliphatic heterocycles. The molecule has 0 fully saturated rings. The first-order valence-corrected chi connectivity index (χ1v) is 7.95. The van der Waals surface area contributed by atoms with Crippen molar-refractivity contribution in [2.45, 2.75) is 20.0 Å². The number of rotatable bonds is 4. The zero-order valence-corrected chi connectivity index (χ0v) is 11.5. The van der Waals surface area contributed by atoms with E-state index in [1.807, 2.05) is 37.6 Å². The fourth-order valence-corrected chi connectivity index (χ4v) is 2.27. The van der Waals surface area contributed by atoms with Crippen LogP contribution >= 0.6 is 9.69 Å². The Hall–Kier alpha value is -0.397. The molecule has 1 N–H and O–H groups in total. The molecule has 4 heteroatoms. The normalized spacial score (nSPS) is 11.5. The van der Waals surface area contributed by atoms with Crippen molar-refractivity contribution < 1.29 is 20.4 Å². The number of anilines is 1. The molecule has 0 aromatic heterocycles. The van der Waals surface area contributed by atoms with Crippen molar-refractivity contribution in [2.24, 2.45) is 0 Å². The van der Waals surface area contributed by atoms with Crippen LogP contribution in [0.3, 0.4) is 0 Å². The van der Waals surface area contributed by atoms with Crippen LogP contribution in [0.1, 0.15) is 19.4 Å². The molecule has 1 rings (SSSR count). The molecule has 0 aliphatic carbocycles. The van der Waals surface area contributed by atoms with Gasteiger partial charge in [-0.05, 0) is 0 Å². The van der Waals surface area contributed by atoms with Gasteiger partial charge >= 0.3 is 102 Å². The van der Waals surface area contributed by atoms with Gasteiger partial charge in [0, 0.05) is 0 Å². The molecule has 2 nitrogen and oxygen atoms in total. The first-order chi connectivity index (χ1) is 7.17. The second-order valence-corrected chi connectivity index (χ2v) is 5.14. The Morgan fingerprint density at radius 3 is 2.73 bits per heavy atom. The van der Waals surface area contributed by atoms with E-state index in [4.69, 9.17) is 14.4 Å².